The van der Waals surface area contributed by atoms with Gasteiger partial charge in [-0.3, -0.25) is 9.59 Å². The summed E-state index contributed by atoms with van der Waals surface area (Å²) >= 11 is 0. The summed E-state index contributed by atoms with van der Waals surface area (Å²) in [6.07, 6.45) is 5.23. The van der Waals surface area contributed by atoms with E-state index >= 15 is 0 Å². The zero-order chi connectivity index (χ0) is 34.1. The van der Waals surface area contributed by atoms with Gasteiger partial charge in [0.15, 0.2) is 29.2 Å². The summed E-state index contributed by atoms with van der Waals surface area (Å²) in [7, 11) is 5.73. The lowest BCUT2D eigenvalue weighted by Crippen LogP contribution is -3.00. The average molecular weight is 740 g/mol. The molecule has 1 N–H and O–H groups in total. The van der Waals surface area contributed by atoms with Gasteiger partial charge in [-0.2, -0.15) is 0 Å². The number of Topliss-reactive ketones (excluding diaryl/α,β-unsaturated/α-hetero) is 1. The second kappa shape index (κ2) is 12.8. The van der Waals surface area contributed by atoms with Crippen molar-refractivity contribution in [3.63, 3.8) is 0 Å². The van der Waals surface area contributed by atoms with Gasteiger partial charge in [-0.05, 0) is 42.2 Å². The smallest absolute Gasteiger partial charge is 0.253 e. The molecule has 49 heavy (non-hydrogen) atoms. The molecule has 1 unspecified atom stereocenters. The van der Waals surface area contributed by atoms with E-state index in [-0.39, 0.29) is 40.1 Å². The maximum Gasteiger partial charge on any atom is 0.253 e. The van der Waals surface area contributed by atoms with Gasteiger partial charge in [0.1, 0.15) is 11.6 Å². The number of carbonyl (C=O) groups excluding carboxylic acids is 2. The van der Waals surface area contributed by atoms with Gasteiger partial charge >= 0.3 is 0 Å². The highest BCUT2D eigenvalue weighted by atomic mass is 79.9. The van der Waals surface area contributed by atoms with Crippen LogP contribution in [0.4, 0.5) is 0 Å². The summed E-state index contributed by atoms with van der Waals surface area (Å²) < 4.78 is 26.1. The Morgan fingerprint density at radius 2 is 1.84 bits per heavy atom. The van der Waals surface area contributed by atoms with E-state index in [1.54, 1.807) is 18.1 Å². The molecule has 2 aromatic rings. The van der Waals surface area contributed by atoms with E-state index < -0.39 is 22.9 Å². The van der Waals surface area contributed by atoms with Gasteiger partial charge in [0.25, 0.3) is 5.91 Å². The molecule has 2 aliphatic carbocycles. The number of ether oxygens (including phenoxy) is 4. The third-order valence-corrected chi connectivity index (χ3v) is 12.4. The number of rotatable bonds is 10. The van der Waals surface area contributed by atoms with Gasteiger partial charge in [-0.25, -0.2) is 0 Å². The molecule has 2 saturated heterocycles. The Morgan fingerprint density at radius 3 is 2.51 bits per heavy atom. The fraction of sp³-hybridized carbons (Fsp3) is 0.590. The van der Waals surface area contributed by atoms with E-state index in [2.05, 4.69) is 33.5 Å². The monoisotopic (exact) mass is 738 g/mol. The molecule has 266 valence electrons. The molecule has 10 heteroatoms. The summed E-state index contributed by atoms with van der Waals surface area (Å²) in [6, 6.07) is 11.4. The van der Waals surface area contributed by atoms with Crippen molar-refractivity contribution in [3.05, 3.63) is 65.2 Å². The second-order valence-electron chi connectivity index (χ2n) is 15.9. The minimum absolute atomic E-state index is 0. The molecule has 5 aliphatic rings. The van der Waals surface area contributed by atoms with E-state index in [0.717, 1.165) is 36.2 Å². The number of benzene rings is 2. The minimum Gasteiger partial charge on any atom is -1.00 e. The number of hydrogen-bond acceptors (Lipinski definition) is 7. The Kier molecular flexibility index (Phi) is 9.40. The molecule has 9 nitrogen and oxygen atoms in total. The van der Waals surface area contributed by atoms with Crippen molar-refractivity contribution in [1.82, 2.24) is 4.90 Å². The number of hydrogen-bond donors (Lipinski definition) is 1. The molecular weight excluding hydrogens is 688 g/mol. The van der Waals surface area contributed by atoms with Crippen LogP contribution in [0.1, 0.15) is 79.4 Å². The van der Waals surface area contributed by atoms with E-state index in [4.69, 9.17) is 18.9 Å². The lowest BCUT2D eigenvalue weighted by molar-refractivity contribution is -0.950. The predicted octanol–water partition coefficient (Wildman–Crippen LogP) is 1.92. The van der Waals surface area contributed by atoms with Gasteiger partial charge < -0.3 is 50.4 Å². The van der Waals surface area contributed by atoms with E-state index in [1.165, 1.54) is 0 Å². The van der Waals surface area contributed by atoms with E-state index in [0.29, 0.717) is 79.8 Å². The van der Waals surface area contributed by atoms with Gasteiger partial charge in [-0.15, -0.1) is 0 Å². The lowest BCUT2D eigenvalue weighted by atomic mass is 9.48. The van der Waals surface area contributed by atoms with Crippen LogP contribution in [0, 0.1) is 5.41 Å². The number of likely N-dealkylation sites (N-methyl/N-ethyl adjacent to an activating group) is 1. The van der Waals surface area contributed by atoms with Crippen LogP contribution in [-0.4, -0.2) is 104 Å². The minimum atomic E-state index is -1.08. The van der Waals surface area contributed by atoms with Crippen molar-refractivity contribution in [2.75, 3.05) is 54.1 Å². The normalized spacial score (nSPS) is 31.5. The summed E-state index contributed by atoms with van der Waals surface area (Å²) in [6.45, 7) is 11.4. The molecule has 2 aromatic carbocycles. The van der Waals surface area contributed by atoms with Crippen molar-refractivity contribution in [2.24, 2.45) is 5.41 Å². The number of amides is 1. The Morgan fingerprint density at radius 1 is 1.12 bits per heavy atom. The Labute approximate surface area is 300 Å². The quantitative estimate of drug-likeness (QED) is 0.373. The zero-order valence-electron chi connectivity index (χ0n) is 29.6. The molecule has 2 bridgehead atoms. The van der Waals surface area contributed by atoms with Crippen molar-refractivity contribution >= 4 is 17.8 Å². The van der Waals surface area contributed by atoms with Gasteiger partial charge in [-0.1, -0.05) is 44.7 Å². The number of ketones is 1. The predicted molar refractivity (Wildman–Crippen MR) is 182 cm³/mol. The topological polar surface area (TPSA) is 94.5 Å². The Balaban J connectivity index is 0.00000417. The molecule has 1 saturated carbocycles. The average Bonchev–Trinajstić information content (AvgIpc) is 3.45. The number of carbonyl (C=O) groups is 2. The maximum atomic E-state index is 13.4. The molecule has 1 amide bonds. The first kappa shape index (κ1) is 36.0. The number of aliphatic hydroxyl groups is 1. The van der Waals surface area contributed by atoms with Crippen LogP contribution in [-0.2, 0) is 26.1 Å². The Bertz CT molecular complexity index is 1620. The zero-order valence-corrected chi connectivity index (χ0v) is 31.1. The highest BCUT2D eigenvalue weighted by molar-refractivity contribution is 5.94. The van der Waals surface area contributed by atoms with Crippen LogP contribution in [0.2, 0.25) is 0 Å². The Hall–Kier alpha value is -2.76. The van der Waals surface area contributed by atoms with Crippen LogP contribution >= 0.6 is 0 Å². The fourth-order valence-corrected chi connectivity index (χ4v) is 9.49. The summed E-state index contributed by atoms with van der Waals surface area (Å²) in [4.78, 5) is 28.3. The molecular formula is C39H51BrN2O7. The summed E-state index contributed by atoms with van der Waals surface area (Å²) in [5.41, 5.74) is 1.85. The van der Waals surface area contributed by atoms with Gasteiger partial charge in [0.05, 0.1) is 52.3 Å². The maximum absolute atomic E-state index is 13.4. The first-order valence-corrected chi connectivity index (χ1v) is 17.5. The van der Waals surface area contributed by atoms with Gasteiger partial charge in [0, 0.05) is 55.8 Å². The summed E-state index contributed by atoms with van der Waals surface area (Å²) in [5.74, 6) is 0.551. The summed E-state index contributed by atoms with van der Waals surface area (Å²) in [5, 5.41) is 12.9. The first-order valence-electron chi connectivity index (χ1n) is 17.5. The fourth-order valence-electron chi connectivity index (χ4n) is 9.49. The third-order valence-electron chi connectivity index (χ3n) is 12.4. The first-order chi connectivity index (χ1) is 22.8. The van der Waals surface area contributed by atoms with Crippen molar-refractivity contribution in [2.45, 2.75) is 87.7 Å². The largest absolute Gasteiger partial charge is 1.00 e. The second-order valence-corrected chi connectivity index (χ2v) is 15.9. The highest BCUT2D eigenvalue weighted by Gasteiger charge is 2.76. The number of piperidine rings is 1. The molecule has 3 aliphatic heterocycles. The molecule has 7 rings (SSSR count). The lowest BCUT2D eigenvalue weighted by Gasteiger charge is -2.64. The third kappa shape index (κ3) is 5.66. The van der Waals surface area contributed by atoms with Crippen molar-refractivity contribution in [3.8, 4) is 11.5 Å². The molecule has 0 aromatic heterocycles. The number of quaternary nitrogens is 1. The highest BCUT2D eigenvalue weighted by Crippen LogP contribution is 2.65. The van der Waals surface area contributed by atoms with Crippen molar-refractivity contribution in [1.29, 1.82) is 0 Å². The molecule has 3 fully saturated rings. The van der Waals surface area contributed by atoms with Crippen LogP contribution in [0.25, 0.3) is 6.08 Å². The van der Waals surface area contributed by atoms with E-state index in [1.807, 2.05) is 37.4 Å². The van der Waals surface area contributed by atoms with Crippen LogP contribution in [0.5, 0.6) is 11.5 Å². The number of methoxy groups -OCH3 is 1. The standard InChI is InChI=1S/C39H51N2O7.BrH/c1-7-26-9-11-27(12-10-26)35(43)40(4)20-8-16-37(46-24-36(2,3)25-47-37)18-21-41(5)22-19-38-32-28-13-14-30(45-6)33(32)48-34(38)29(42)15-17-39(38,44)31(41)23-28;/h7,9-14,31,34,44H,1,8,15-25H2,2-6H3;1H/q+1;/p-1/t31-,34+,38+,39-,41?;/m1./s1. The number of nitrogens with zero attached hydrogens (tertiary/aromatic N) is 2. The molecule has 3 heterocycles. The SMILES string of the molecule is C=Cc1ccc(C(=O)N(C)CCCC2(CC[N+]3(C)CC[C@]45c6c7ccc(OC)c6O[C@H]4C(=O)CC[C@@]5(O)[C@H]3C7)OCC(C)(C)CO2)cc1.[Br-]. The van der Waals surface area contributed by atoms with Gasteiger partial charge in [0.2, 0.25) is 0 Å². The van der Waals surface area contributed by atoms with Crippen molar-refractivity contribution < 1.29 is 55.1 Å². The molecule has 0 radical (unpaired) electrons. The number of likely N-dealkylation sites (tertiary alicyclic amines) is 1. The molecule has 5 atom stereocenters. The van der Waals surface area contributed by atoms with Crippen LogP contribution < -0.4 is 26.5 Å². The molecule has 1 spiro atoms. The van der Waals surface area contributed by atoms with Crippen LogP contribution in [0.15, 0.2) is 43.0 Å². The number of halogens is 1. The van der Waals surface area contributed by atoms with E-state index in [9.17, 15) is 14.7 Å². The van der Waals surface area contributed by atoms with Crippen LogP contribution in [0.3, 0.4) is 0 Å².